The molecule has 23 heavy (non-hydrogen) atoms. The Hall–Kier alpha value is -1.44. The highest BCUT2D eigenvalue weighted by Gasteiger charge is 2.25. The van der Waals surface area contributed by atoms with Crippen LogP contribution in [-0.2, 0) is 19.6 Å². The Morgan fingerprint density at radius 2 is 1.78 bits per heavy atom. The van der Waals surface area contributed by atoms with Crippen molar-refractivity contribution >= 4 is 33.4 Å². The molecule has 0 amide bonds. The third-order valence-electron chi connectivity index (χ3n) is 3.11. The summed E-state index contributed by atoms with van der Waals surface area (Å²) in [7, 11) is -0.946. The summed E-state index contributed by atoms with van der Waals surface area (Å²) < 4.78 is 30.2. The van der Waals surface area contributed by atoms with Gasteiger partial charge in [0, 0.05) is 19.5 Å². The topological polar surface area (TPSA) is 80.8 Å². The summed E-state index contributed by atoms with van der Waals surface area (Å²) in [5, 5.41) is 0.0518. The van der Waals surface area contributed by atoms with Crippen LogP contribution in [0.2, 0.25) is 5.02 Å². The molecule has 0 aromatic heterocycles. The van der Waals surface area contributed by atoms with E-state index in [2.05, 4.69) is 0 Å². The molecule has 1 aromatic carbocycles. The maximum atomic E-state index is 12.1. The zero-order valence-electron chi connectivity index (χ0n) is 13.7. The predicted molar refractivity (Wildman–Crippen MR) is 87.1 cm³/mol. The van der Waals surface area contributed by atoms with Gasteiger partial charge in [-0.2, -0.15) is 0 Å². The molecule has 0 aliphatic heterocycles. The van der Waals surface area contributed by atoms with E-state index in [0.717, 1.165) is 10.4 Å². The third kappa shape index (κ3) is 4.76. The van der Waals surface area contributed by atoms with Crippen LogP contribution in [0.25, 0.3) is 0 Å². The van der Waals surface area contributed by atoms with Crippen molar-refractivity contribution in [2.24, 2.45) is 5.41 Å². The van der Waals surface area contributed by atoms with E-state index in [4.69, 9.17) is 16.3 Å². The second-order valence-corrected chi connectivity index (χ2v) is 8.74. The van der Waals surface area contributed by atoms with Crippen molar-refractivity contribution < 1.29 is 22.7 Å². The molecule has 128 valence electrons. The molecular weight excluding hydrogens is 342 g/mol. The number of esters is 1. The van der Waals surface area contributed by atoms with E-state index < -0.39 is 28.0 Å². The predicted octanol–water partition coefficient (Wildman–Crippen LogP) is 2.36. The number of nitrogens with zero attached hydrogens (tertiary/aromatic N) is 1. The monoisotopic (exact) mass is 361 g/mol. The van der Waals surface area contributed by atoms with Crippen molar-refractivity contribution in [3.05, 3.63) is 28.8 Å². The molecule has 6 nitrogen and oxygen atoms in total. The lowest BCUT2D eigenvalue weighted by Gasteiger charge is -2.16. The molecule has 0 aliphatic carbocycles. The van der Waals surface area contributed by atoms with Gasteiger partial charge < -0.3 is 4.74 Å². The van der Waals surface area contributed by atoms with Gasteiger partial charge in [0.1, 0.15) is 0 Å². The van der Waals surface area contributed by atoms with Gasteiger partial charge in [-0.1, -0.05) is 32.4 Å². The van der Waals surface area contributed by atoms with Gasteiger partial charge >= 0.3 is 5.97 Å². The quantitative estimate of drug-likeness (QED) is 0.752. The number of hydrogen-bond acceptors (Lipinski definition) is 5. The van der Waals surface area contributed by atoms with Crippen LogP contribution in [0.1, 0.15) is 31.1 Å². The van der Waals surface area contributed by atoms with Crippen LogP contribution < -0.4 is 0 Å². The van der Waals surface area contributed by atoms with Gasteiger partial charge in [-0.25, -0.2) is 17.5 Å². The van der Waals surface area contributed by atoms with Crippen LogP contribution in [0.4, 0.5) is 0 Å². The van der Waals surface area contributed by atoms with Crippen molar-refractivity contribution in [1.82, 2.24) is 4.31 Å². The summed E-state index contributed by atoms with van der Waals surface area (Å²) >= 11 is 5.93. The maximum absolute atomic E-state index is 12.1. The van der Waals surface area contributed by atoms with Gasteiger partial charge in [0.2, 0.25) is 10.0 Å². The molecule has 0 fully saturated rings. The van der Waals surface area contributed by atoms with Crippen LogP contribution in [0.15, 0.2) is 23.1 Å². The average molecular weight is 362 g/mol. The fourth-order valence-corrected chi connectivity index (χ4v) is 2.58. The fourth-order valence-electron chi connectivity index (χ4n) is 1.46. The molecule has 0 heterocycles. The van der Waals surface area contributed by atoms with E-state index in [0.29, 0.717) is 0 Å². The lowest BCUT2D eigenvalue weighted by atomic mass is 9.91. The van der Waals surface area contributed by atoms with E-state index in [9.17, 15) is 18.0 Å². The molecule has 0 N–H and O–H groups in total. The third-order valence-corrected chi connectivity index (χ3v) is 5.25. The van der Waals surface area contributed by atoms with Crippen molar-refractivity contribution in [1.29, 1.82) is 0 Å². The summed E-state index contributed by atoms with van der Waals surface area (Å²) in [6.07, 6.45) is 0. The van der Waals surface area contributed by atoms with E-state index in [1.165, 1.54) is 26.2 Å². The van der Waals surface area contributed by atoms with Crippen molar-refractivity contribution in [2.75, 3.05) is 20.7 Å². The zero-order valence-corrected chi connectivity index (χ0v) is 15.3. The highest BCUT2D eigenvalue weighted by molar-refractivity contribution is 7.89. The number of hydrogen-bond donors (Lipinski definition) is 0. The van der Waals surface area contributed by atoms with Crippen LogP contribution in [0.5, 0.6) is 0 Å². The summed E-state index contributed by atoms with van der Waals surface area (Å²) in [5.74, 6) is -1.09. The molecule has 8 heteroatoms. The SMILES string of the molecule is CN(C)S(=O)(=O)c1ccc(Cl)c(C(=O)OCC(=O)C(C)(C)C)c1. The van der Waals surface area contributed by atoms with Gasteiger partial charge in [-0.05, 0) is 18.2 Å². The minimum Gasteiger partial charge on any atom is -0.454 e. The number of ketones is 1. The molecular formula is C15H20ClNO5S. The van der Waals surface area contributed by atoms with Crippen molar-refractivity contribution in [2.45, 2.75) is 25.7 Å². The highest BCUT2D eigenvalue weighted by atomic mass is 35.5. The summed E-state index contributed by atoms with van der Waals surface area (Å²) in [6, 6.07) is 3.75. The average Bonchev–Trinajstić information content (AvgIpc) is 2.43. The molecule has 0 radical (unpaired) electrons. The second kappa shape index (κ2) is 6.98. The maximum Gasteiger partial charge on any atom is 0.340 e. The first-order chi connectivity index (χ1) is 10.4. The first-order valence-electron chi connectivity index (χ1n) is 6.80. The Morgan fingerprint density at radius 3 is 2.26 bits per heavy atom. The van der Waals surface area contributed by atoms with Crippen molar-refractivity contribution in [3.63, 3.8) is 0 Å². The Bertz CT molecular complexity index is 720. The number of carbonyl (C=O) groups excluding carboxylic acids is 2. The lowest BCUT2D eigenvalue weighted by molar-refractivity contribution is -0.129. The van der Waals surface area contributed by atoms with E-state index in [-0.39, 0.29) is 21.3 Å². The molecule has 0 unspecified atom stereocenters. The molecule has 1 aromatic rings. The molecule has 0 saturated heterocycles. The number of halogens is 1. The van der Waals surface area contributed by atoms with Gasteiger partial charge in [0.25, 0.3) is 0 Å². The Balaban J connectivity index is 3.05. The molecule has 0 aliphatic rings. The first-order valence-corrected chi connectivity index (χ1v) is 8.61. The second-order valence-electron chi connectivity index (χ2n) is 6.18. The summed E-state index contributed by atoms with van der Waals surface area (Å²) in [4.78, 5) is 23.8. The van der Waals surface area contributed by atoms with Crippen LogP contribution in [-0.4, -0.2) is 45.2 Å². The van der Waals surface area contributed by atoms with E-state index >= 15 is 0 Å². The number of ether oxygens (including phenoxy) is 1. The van der Waals surface area contributed by atoms with Gasteiger partial charge in [-0.3, -0.25) is 4.79 Å². The van der Waals surface area contributed by atoms with E-state index in [1.54, 1.807) is 20.8 Å². The normalized spacial score (nSPS) is 12.3. The molecule has 0 spiro atoms. The molecule has 0 bridgehead atoms. The molecule has 0 saturated carbocycles. The number of carbonyl (C=O) groups is 2. The van der Waals surface area contributed by atoms with E-state index in [1.807, 2.05) is 0 Å². The van der Waals surface area contributed by atoms with Crippen LogP contribution in [0, 0.1) is 5.41 Å². The lowest BCUT2D eigenvalue weighted by Crippen LogP contribution is -2.26. The molecule has 1 rings (SSSR count). The minimum atomic E-state index is -3.70. The fraction of sp³-hybridized carbons (Fsp3) is 0.467. The number of benzene rings is 1. The largest absolute Gasteiger partial charge is 0.454 e. The van der Waals surface area contributed by atoms with Gasteiger partial charge in [0.05, 0.1) is 15.5 Å². The Morgan fingerprint density at radius 1 is 1.22 bits per heavy atom. The summed E-state index contributed by atoms with van der Waals surface area (Å²) in [6.45, 7) is 4.73. The van der Waals surface area contributed by atoms with Gasteiger partial charge in [0.15, 0.2) is 12.4 Å². The van der Waals surface area contributed by atoms with Gasteiger partial charge in [-0.15, -0.1) is 0 Å². The first kappa shape index (κ1) is 19.6. The Kier molecular flexibility index (Phi) is 5.95. The van der Waals surface area contributed by atoms with Crippen LogP contribution >= 0.6 is 11.6 Å². The zero-order chi connectivity index (χ0) is 18.0. The number of Topliss-reactive ketones (excluding diaryl/α,β-unsaturated/α-hetero) is 1. The number of rotatable bonds is 5. The molecule has 0 atom stereocenters. The Labute approximate surface area is 141 Å². The van der Waals surface area contributed by atoms with Crippen LogP contribution in [0.3, 0.4) is 0 Å². The van der Waals surface area contributed by atoms with Crippen molar-refractivity contribution in [3.8, 4) is 0 Å². The highest BCUT2D eigenvalue weighted by Crippen LogP contribution is 2.23. The number of sulfonamides is 1. The summed E-state index contributed by atoms with van der Waals surface area (Å²) in [5.41, 5.74) is -0.739. The smallest absolute Gasteiger partial charge is 0.340 e. The minimum absolute atomic E-state index is 0.0518. The standard InChI is InChI=1S/C15H20ClNO5S/c1-15(2,3)13(18)9-22-14(19)11-8-10(6-7-12(11)16)23(20,21)17(4)5/h6-8H,9H2,1-5H3.